The van der Waals surface area contributed by atoms with Crippen molar-refractivity contribution in [3.8, 4) is 0 Å². The first-order valence-electron chi connectivity index (χ1n) is 5.14. The Kier molecular flexibility index (Phi) is 3.62. The fourth-order valence-corrected chi connectivity index (χ4v) is 2.50. The van der Waals surface area contributed by atoms with Gasteiger partial charge < -0.3 is 0 Å². The van der Waals surface area contributed by atoms with Gasteiger partial charge in [0.15, 0.2) is 0 Å². The number of hydrogen-bond donors (Lipinski definition) is 1. The van der Waals surface area contributed by atoms with Crippen molar-refractivity contribution in [3.05, 3.63) is 0 Å². The maximum Gasteiger partial charge on any atom is 0.292 e. The van der Waals surface area contributed by atoms with E-state index >= 15 is 0 Å². The highest BCUT2D eigenvalue weighted by atomic mass is 32.2. The quantitative estimate of drug-likeness (QED) is 0.593. The van der Waals surface area contributed by atoms with E-state index < -0.39 is 0 Å². The van der Waals surface area contributed by atoms with Crippen LogP contribution in [0.4, 0.5) is 4.79 Å². The van der Waals surface area contributed by atoms with Gasteiger partial charge >= 0.3 is 0 Å². The van der Waals surface area contributed by atoms with Crippen LogP contribution in [0.3, 0.4) is 0 Å². The molecule has 0 aromatic rings. The summed E-state index contributed by atoms with van der Waals surface area (Å²) < 4.78 is 0. The Morgan fingerprint density at radius 2 is 2.07 bits per heavy atom. The van der Waals surface area contributed by atoms with Crippen molar-refractivity contribution in [3.63, 3.8) is 0 Å². The van der Waals surface area contributed by atoms with Crippen LogP contribution in [0.1, 0.15) is 19.3 Å². The number of carbonyl (C=O) groups is 1. The van der Waals surface area contributed by atoms with Crippen molar-refractivity contribution >= 4 is 29.6 Å². The van der Waals surface area contributed by atoms with E-state index in [9.17, 15) is 4.79 Å². The van der Waals surface area contributed by atoms with E-state index in [1.807, 2.05) is 16.8 Å². The van der Waals surface area contributed by atoms with Crippen LogP contribution >= 0.6 is 24.4 Å². The minimum atomic E-state index is -0.0978. The number of nitrogens with zero attached hydrogens (tertiary/aromatic N) is 2. The van der Waals surface area contributed by atoms with Crippen LogP contribution in [0.5, 0.6) is 0 Å². The molecule has 0 bridgehead atoms. The lowest BCUT2D eigenvalue weighted by molar-refractivity contribution is 0.0117. The molecule has 1 atom stereocenters. The molecule has 0 radical (unpaired) electrons. The predicted octanol–water partition coefficient (Wildman–Crippen LogP) is 1.85. The summed E-state index contributed by atoms with van der Waals surface area (Å²) >= 11 is 5.87. The molecule has 0 saturated carbocycles. The van der Waals surface area contributed by atoms with Crippen LogP contribution in [0.2, 0.25) is 0 Å². The molecule has 1 unspecified atom stereocenters. The first-order chi connectivity index (χ1) is 6.77. The van der Waals surface area contributed by atoms with Crippen LogP contribution in [-0.4, -0.2) is 45.9 Å². The number of amides is 1. The molecule has 2 fully saturated rings. The van der Waals surface area contributed by atoms with Gasteiger partial charge in [-0.1, -0.05) is 19.0 Å². The van der Waals surface area contributed by atoms with Crippen LogP contribution in [0, 0.1) is 0 Å². The highest BCUT2D eigenvalue weighted by Crippen LogP contribution is 2.31. The molecule has 14 heavy (non-hydrogen) atoms. The summed E-state index contributed by atoms with van der Waals surface area (Å²) in [5.41, 5.74) is 0. The first-order valence-corrected chi connectivity index (χ1v) is 6.64. The molecule has 2 saturated heterocycles. The van der Waals surface area contributed by atoms with Gasteiger partial charge in [0.1, 0.15) is 0 Å². The van der Waals surface area contributed by atoms with E-state index in [0.717, 1.165) is 19.6 Å². The molecule has 80 valence electrons. The molecule has 0 aromatic heterocycles. The minimum absolute atomic E-state index is 0.0978. The normalized spacial score (nSPS) is 27.4. The van der Waals surface area contributed by atoms with Gasteiger partial charge in [-0.3, -0.25) is 9.80 Å². The Bertz CT molecular complexity index is 215. The summed E-state index contributed by atoms with van der Waals surface area (Å²) in [7, 11) is 0. The topological polar surface area (TPSA) is 23.6 Å². The molecule has 5 heteroatoms. The Morgan fingerprint density at radius 3 is 2.57 bits per heavy atom. The summed E-state index contributed by atoms with van der Waals surface area (Å²) in [5, 5.41) is 4.55. The first kappa shape index (κ1) is 10.6. The number of piperidine rings is 1. The standard InChI is InChI=1S/C9H16N2OS2/c12-9(13)11(6-8-7-14-8)10-4-2-1-3-5-10/h8H,1-7H2,(H,12,13). The summed E-state index contributed by atoms with van der Waals surface area (Å²) in [6.07, 6.45) is 3.70. The monoisotopic (exact) mass is 232 g/mol. The summed E-state index contributed by atoms with van der Waals surface area (Å²) in [4.78, 5) is 11.3. The zero-order valence-electron chi connectivity index (χ0n) is 8.19. The highest BCUT2D eigenvalue weighted by Gasteiger charge is 2.30. The van der Waals surface area contributed by atoms with E-state index in [1.54, 1.807) is 0 Å². The maximum absolute atomic E-state index is 11.3. The molecule has 0 spiro atoms. The molecule has 2 aliphatic rings. The number of thioether (sulfide) groups is 1. The van der Waals surface area contributed by atoms with Gasteiger partial charge in [0.2, 0.25) is 0 Å². The van der Waals surface area contributed by atoms with Gasteiger partial charge in [0, 0.05) is 24.1 Å². The lowest BCUT2D eigenvalue weighted by atomic mass is 10.2. The molecular weight excluding hydrogens is 216 g/mol. The van der Waals surface area contributed by atoms with E-state index in [1.165, 1.54) is 25.0 Å². The highest BCUT2D eigenvalue weighted by molar-refractivity contribution is 8.06. The molecule has 0 N–H and O–H groups in total. The van der Waals surface area contributed by atoms with Crippen LogP contribution in [-0.2, 0) is 0 Å². The SMILES string of the molecule is O=C(S)N(CC1CS1)N1CCCCC1. The van der Waals surface area contributed by atoms with Gasteiger partial charge in [-0.15, -0.1) is 0 Å². The van der Waals surface area contributed by atoms with Gasteiger partial charge in [-0.25, -0.2) is 5.01 Å². The third kappa shape index (κ3) is 2.81. The smallest absolute Gasteiger partial charge is 0.265 e. The average Bonchev–Trinajstić information content (AvgIpc) is 2.99. The predicted molar refractivity (Wildman–Crippen MR) is 62.8 cm³/mol. The maximum atomic E-state index is 11.3. The van der Waals surface area contributed by atoms with E-state index in [0.29, 0.717) is 5.25 Å². The Hall–Kier alpha value is 0.130. The van der Waals surface area contributed by atoms with Crippen molar-refractivity contribution in [2.45, 2.75) is 24.5 Å². The second-order valence-corrected chi connectivity index (χ2v) is 5.55. The Balaban J connectivity index is 1.89. The average molecular weight is 232 g/mol. The molecule has 1 amide bonds. The number of thiol groups is 1. The summed E-state index contributed by atoms with van der Waals surface area (Å²) in [6, 6.07) is 0. The van der Waals surface area contributed by atoms with Crippen LogP contribution in [0.15, 0.2) is 0 Å². The second kappa shape index (κ2) is 4.77. The number of hydrazine groups is 1. The Labute approximate surface area is 94.6 Å². The van der Waals surface area contributed by atoms with E-state index in [4.69, 9.17) is 0 Å². The van der Waals surface area contributed by atoms with Crippen molar-refractivity contribution in [2.75, 3.05) is 25.4 Å². The Morgan fingerprint density at radius 1 is 1.43 bits per heavy atom. The largest absolute Gasteiger partial charge is 0.292 e. The molecule has 2 heterocycles. The molecular formula is C9H16N2OS2. The minimum Gasteiger partial charge on any atom is -0.265 e. The van der Waals surface area contributed by atoms with Crippen LogP contribution in [0.25, 0.3) is 0 Å². The number of carbonyl (C=O) groups excluding carboxylic acids is 1. The van der Waals surface area contributed by atoms with E-state index in [2.05, 4.69) is 17.6 Å². The van der Waals surface area contributed by atoms with Gasteiger partial charge in [0.05, 0.1) is 6.54 Å². The number of rotatable bonds is 3. The lowest BCUT2D eigenvalue weighted by Gasteiger charge is -2.36. The van der Waals surface area contributed by atoms with E-state index in [-0.39, 0.29) is 5.24 Å². The molecule has 0 aromatic carbocycles. The fourth-order valence-electron chi connectivity index (χ4n) is 1.80. The van der Waals surface area contributed by atoms with Crippen molar-refractivity contribution < 1.29 is 4.79 Å². The number of hydrogen-bond acceptors (Lipinski definition) is 3. The van der Waals surface area contributed by atoms with Crippen molar-refractivity contribution in [1.29, 1.82) is 0 Å². The molecule has 2 aliphatic heterocycles. The molecule has 0 aliphatic carbocycles. The zero-order chi connectivity index (χ0) is 9.97. The van der Waals surface area contributed by atoms with Gasteiger partial charge in [-0.05, 0) is 12.8 Å². The third-order valence-corrected chi connectivity index (χ3v) is 3.86. The zero-order valence-corrected chi connectivity index (χ0v) is 9.90. The molecule has 2 rings (SSSR count). The third-order valence-electron chi connectivity index (χ3n) is 2.67. The van der Waals surface area contributed by atoms with Crippen molar-refractivity contribution in [2.24, 2.45) is 0 Å². The second-order valence-electron chi connectivity index (χ2n) is 3.83. The fraction of sp³-hybridized carbons (Fsp3) is 0.889. The molecule has 3 nitrogen and oxygen atoms in total. The van der Waals surface area contributed by atoms with Gasteiger partial charge in [0.25, 0.3) is 5.24 Å². The van der Waals surface area contributed by atoms with Crippen molar-refractivity contribution in [1.82, 2.24) is 10.0 Å². The summed E-state index contributed by atoms with van der Waals surface area (Å²) in [5.74, 6) is 1.20. The van der Waals surface area contributed by atoms with Gasteiger partial charge in [-0.2, -0.15) is 11.8 Å². The van der Waals surface area contributed by atoms with Crippen LogP contribution < -0.4 is 0 Å². The summed E-state index contributed by atoms with van der Waals surface area (Å²) in [6.45, 7) is 2.89. The lowest BCUT2D eigenvalue weighted by Crippen LogP contribution is -2.48.